The summed E-state index contributed by atoms with van der Waals surface area (Å²) in [5.41, 5.74) is 0. The molecular formula is C7H13NOS. The summed E-state index contributed by atoms with van der Waals surface area (Å²) in [6, 6.07) is 0. The van der Waals surface area contributed by atoms with Crippen LogP contribution in [-0.2, 0) is 0 Å². The van der Waals surface area contributed by atoms with Crippen molar-refractivity contribution in [1.82, 2.24) is 4.90 Å². The lowest BCUT2D eigenvalue weighted by Crippen LogP contribution is -2.21. The van der Waals surface area contributed by atoms with Crippen LogP contribution in [0.5, 0.6) is 0 Å². The zero-order valence-corrected chi connectivity index (χ0v) is 7.28. The van der Waals surface area contributed by atoms with Crippen molar-refractivity contribution in [2.45, 2.75) is 13.3 Å². The molecule has 1 unspecified atom stereocenters. The second-order valence-electron chi connectivity index (χ2n) is 2.89. The van der Waals surface area contributed by atoms with E-state index in [2.05, 4.69) is 6.92 Å². The van der Waals surface area contributed by atoms with Crippen LogP contribution in [0.1, 0.15) is 13.3 Å². The van der Waals surface area contributed by atoms with Gasteiger partial charge in [0.15, 0.2) is 0 Å². The Morgan fingerprint density at radius 1 is 1.70 bits per heavy atom. The third kappa shape index (κ3) is 1.90. The number of rotatable bonds is 0. The highest BCUT2D eigenvalue weighted by Crippen LogP contribution is 2.19. The molecule has 0 bridgehead atoms. The summed E-state index contributed by atoms with van der Waals surface area (Å²) in [7, 11) is 1.87. The van der Waals surface area contributed by atoms with E-state index in [4.69, 9.17) is 0 Å². The van der Waals surface area contributed by atoms with Gasteiger partial charge in [-0.1, -0.05) is 18.7 Å². The third-order valence-electron chi connectivity index (χ3n) is 1.76. The normalized spacial score (nSPS) is 28.4. The van der Waals surface area contributed by atoms with Gasteiger partial charge in [0.25, 0.3) is 5.24 Å². The molecule has 1 saturated heterocycles. The highest BCUT2D eigenvalue weighted by Gasteiger charge is 2.16. The molecule has 1 aliphatic rings. The van der Waals surface area contributed by atoms with Gasteiger partial charge in [0.05, 0.1) is 0 Å². The number of hydrogen-bond donors (Lipinski definition) is 0. The topological polar surface area (TPSA) is 20.3 Å². The van der Waals surface area contributed by atoms with E-state index in [1.807, 2.05) is 7.05 Å². The van der Waals surface area contributed by atoms with Crippen molar-refractivity contribution in [2.75, 3.05) is 19.3 Å². The summed E-state index contributed by atoms with van der Waals surface area (Å²) in [6.45, 7) is 3.12. The smallest absolute Gasteiger partial charge is 0.281 e. The molecule has 0 aromatic heterocycles. The maximum Gasteiger partial charge on any atom is 0.281 e. The Labute approximate surface area is 66.0 Å². The van der Waals surface area contributed by atoms with E-state index in [1.54, 1.807) is 4.90 Å². The van der Waals surface area contributed by atoms with Gasteiger partial charge in [-0.05, 0) is 12.3 Å². The Balaban J connectivity index is 2.46. The van der Waals surface area contributed by atoms with Crippen LogP contribution >= 0.6 is 11.8 Å². The minimum atomic E-state index is 0.226. The van der Waals surface area contributed by atoms with E-state index >= 15 is 0 Å². The molecule has 2 nitrogen and oxygen atoms in total. The van der Waals surface area contributed by atoms with Gasteiger partial charge in [0.2, 0.25) is 0 Å². The molecule has 0 N–H and O–H groups in total. The molecule has 1 rings (SSSR count). The number of hydrogen-bond acceptors (Lipinski definition) is 2. The number of carbonyl (C=O) groups excluding carboxylic acids is 1. The summed E-state index contributed by atoms with van der Waals surface area (Å²) < 4.78 is 0. The molecule has 58 valence electrons. The fourth-order valence-electron chi connectivity index (χ4n) is 0.912. The fourth-order valence-corrected chi connectivity index (χ4v) is 1.82. The molecule has 0 radical (unpaired) electrons. The zero-order valence-electron chi connectivity index (χ0n) is 6.46. The number of amides is 1. The van der Waals surface area contributed by atoms with Crippen molar-refractivity contribution in [3.05, 3.63) is 0 Å². The standard InChI is InChI=1S/C7H13NOS/c1-6-3-4-8(2)7(9)10-5-6/h6H,3-5H2,1-2H3. The molecule has 0 aliphatic carbocycles. The first-order chi connectivity index (χ1) is 4.70. The first-order valence-electron chi connectivity index (χ1n) is 3.58. The van der Waals surface area contributed by atoms with Crippen molar-refractivity contribution in [3.63, 3.8) is 0 Å². The molecule has 1 atom stereocenters. The SMILES string of the molecule is CC1CCN(C)C(=O)SC1. The number of nitrogens with zero attached hydrogens (tertiary/aromatic N) is 1. The second kappa shape index (κ2) is 3.28. The average Bonchev–Trinajstić information content (AvgIpc) is 2.04. The van der Waals surface area contributed by atoms with Crippen LogP contribution in [0, 0.1) is 5.92 Å². The molecule has 1 heterocycles. The molecular weight excluding hydrogens is 146 g/mol. The van der Waals surface area contributed by atoms with Crippen molar-refractivity contribution in [3.8, 4) is 0 Å². The van der Waals surface area contributed by atoms with Gasteiger partial charge in [-0.25, -0.2) is 0 Å². The molecule has 0 saturated carbocycles. The average molecular weight is 159 g/mol. The Bertz CT molecular complexity index is 138. The molecule has 0 aromatic rings. The third-order valence-corrected chi connectivity index (χ3v) is 3.05. The summed E-state index contributed by atoms with van der Waals surface area (Å²) >= 11 is 1.44. The molecule has 1 fully saturated rings. The molecule has 1 amide bonds. The van der Waals surface area contributed by atoms with Crippen LogP contribution in [0.4, 0.5) is 4.79 Å². The summed E-state index contributed by atoms with van der Waals surface area (Å²) in [5, 5.41) is 0.226. The lowest BCUT2D eigenvalue weighted by molar-refractivity contribution is 0.233. The van der Waals surface area contributed by atoms with Gasteiger partial charge < -0.3 is 4.90 Å². The highest BCUT2D eigenvalue weighted by molar-refractivity contribution is 8.13. The van der Waals surface area contributed by atoms with Gasteiger partial charge in [-0.15, -0.1) is 0 Å². The Kier molecular flexibility index (Phi) is 2.60. The number of carbonyl (C=O) groups is 1. The minimum Gasteiger partial charge on any atom is -0.337 e. The lowest BCUT2D eigenvalue weighted by atomic mass is 10.1. The van der Waals surface area contributed by atoms with Gasteiger partial charge in [-0.2, -0.15) is 0 Å². The van der Waals surface area contributed by atoms with Crippen LogP contribution in [0.3, 0.4) is 0 Å². The second-order valence-corrected chi connectivity index (χ2v) is 3.86. The van der Waals surface area contributed by atoms with E-state index in [9.17, 15) is 4.79 Å². The molecule has 0 aromatic carbocycles. The van der Waals surface area contributed by atoms with Crippen LogP contribution in [0.25, 0.3) is 0 Å². The van der Waals surface area contributed by atoms with Crippen molar-refractivity contribution in [1.29, 1.82) is 0 Å². The van der Waals surface area contributed by atoms with Crippen LogP contribution in [0.2, 0.25) is 0 Å². The zero-order chi connectivity index (χ0) is 7.56. The monoisotopic (exact) mass is 159 g/mol. The quantitative estimate of drug-likeness (QED) is 0.537. The molecule has 10 heavy (non-hydrogen) atoms. The minimum absolute atomic E-state index is 0.226. The molecule has 0 spiro atoms. The van der Waals surface area contributed by atoms with Crippen molar-refractivity contribution in [2.24, 2.45) is 5.92 Å². The van der Waals surface area contributed by atoms with Gasteiger partial charge in [0, 0.05) is 19.3 Å². The Hall–Kier alpha value is -0.180. The van der Waals surface area contributed by atoms with Crippen molar-refractivity contribution >= 4 is 17.0 Å². The number of thioether (sulfide) groups is 1. The summed E-state index contributed by atoms with van der Waals surface area (Å²) in [6.07, 6.45) is 1.15. The summed E-state index contributed by atoms with van der Waals surface area (Å²) in [5.74, 6) is 1.68. The van der Waals surface area contributed by atoms with Crippen molar-refractivity contribution < 1.29 is 4.79 Å². The highest BCUT2D eigenvalue weighted by atomic mass is 32.2. The van der Waals surface area contributed by atoms with E-state index < -0.39 is 0 Å². The molecule has 3 heteroatoms. The Morgan fingerprint density at radius 2 is 2.40 bits per heavy atom. The van der Waals surface area contributed by atoms with Crippen LogP contribution in [-0.4, -0.2) is 29.5 Å². The molecule has 1 aliphatic heterocycles. The lowest BCUT2D eigenvalue weighted by Gasteiger charge is -2.11. The van der Waals surface area contributed by atoms with E-state index in [0.29, 0.717) is 5.92 Å². The van der Waals surface area contributed by atoms with E-state index in [0.717, 1.165) is 18.7 Å². The Morgan fingerprint density at radius 3 is 3.10 bits per heavy atom. The first-order valence-corrected chi connectivity index (χ1v) is 4.56. The largest absolute Gasteiger partial charge is 0.337 e. The predicted octanol–water partition coefficient (Wildman–Crippen LogP) is 1.81. The van der Waals surface area contributed by atoms with Crippen LogP contribution in [0.15, 0.2) is 0 Å². The van der Waals surface area contributed by atoms with E-state index in [-0.39, 0.29) is 5.24 Å². The van der Waals surface area contributed by atoms with Gasteiger partial charge in [-0.3, -0.25) is 4.79 Å². The van der Waals surface area contributed by atoms with Crippen LogP contribution < -0.4 is 0 Å². The van der Waals surface area contributed by atoms with E-state index in [1.165, 1.54) is 11.8 Å². The first kappa shape index (κ1) is 7.92. The summed E-state index contributed by atoms with van der Waals surface area (Å²) in [4.78, 5) is 12.8. The maximum atomic E-state index is 11.0. The predicted molar refractivity (Wildman–Crippen MR) is 44.3 cm³/mol. The van der Waals surface area contributed by atoms with Gasteiger partial charge in [0.1, 0.15) is 0 Å². The maximum absolute atomic E-state index is 11.0. The fraction of sp³-hybridized carbons (Fsp3) is 0.857. The van der Waals surface area contributed by atoms with Gasteiger partial charge >= 0.3 is 0 Å².